The first-order valence-electron chi connectivity index (χ1n) is 11.5. The van der Waals surface area contributed by atoms with Crippen LogP contribution in [0.5, 0.6) is 0 Å². The second-order valence-electron chi connectivity index (χ2n) is 9.02. The summed E-state index contributed by atoms with van der Waals surface area (Å²) < 4.78 is 7.52. The lowest BCUT2D eigenvalue weighted by atomic mass is 9.82. The number of hydrogen-bond acceptors (Lipinski definition) is 3. The molecule has 4 rings (SSSR count). The number of rotatable bonds is 8. The van der Waals surface area contributed by atoms with E-state index in [0.29, 0.717) is 18.4 Å². The van der Waals surface area contributed by atoms with Gasteiger partial charge in [-0.25, -0.2) is 4.79 Å². The molecule has 0 atom stereocenters. The molecule has 1 fully saturated rings. The summed E-state index contributed by atoms with van der Waals surface area (Å²) >= 11 is 0. The van der Waals surface area contributed by atoms with Crippen molar-refractivity contribution in [1.82, 2.24) is 9.78 Å². The first kappa shape index (κ1) is 22.3. The number of ether oxygens (including phenoxy) is 1. The molecule has 0 unspecified atom stereocenters. The highest BCUT2D eigenvalue weighted by atomic mass is 16.5. The van der Waals surface area contributed by atoms with E-state index in [9.17, 15) is 4.79 Å². The molecule has 0 amide bonds. The second-order valence-corrected chi connectivity index (χ2v) is 9.02. The molecule has 1 aliphatic carbocycles. The van der Waals surface area contributed by atoms with Gasteiger partial charge < -0.3 is 9.84 Å². The first-order valence-corrected chi connectivity index (χ1v) is 11.5. The van der Waals surface area contributed by atoms with E-state index in [4.69, 9.17) is 14.9 Å². The maximum atomic E-state index is 10.6. The minimum atomic E-state index is -0.897. The second kappa shape index (κ2) is 10.1. The number of aromatic nitrogens is 2. The van der Waals surface area contributed by atoms with Gasteiger partial charge in [-0.2, -0.15) is 5.10 Å². The Morgan fingerprint density at radius 2 is 1.69 bits per heavy atom. The summed E-state index contributed by atoms with van der Waals surface area (Å²) in [5.41, 5.74) is 7.06. The lowest BCUT2D eigenvalue weighted by molar-refractivity contribution is -0.142. The standard InChI is InChI=1S/C27H32N2O3/c1-19-7-6-10-24(15-19)27-26(23-8-4-3-5-9-23)20(2)29(28-27)16-21-11-13-22(14-12-21)17-32-18-25(30)31/h3-10,15,21-22H,11-14,16-18H2,1-2H3,(H,30,31). The van der Waals surface area contributed by atoms with E-state index < -0.39 is 5.97 Å². The van der Waals surface area contributed by atoms with Crippen LogP contribution in [0.4, 0.5) is 0 Å². The average molecular weight is 433 g/mol. The van der Waals surface area contributed by atoms with Gasteiger partial charge in [0, 0.05) is 23.4 Å². The van der Waals surface area contributed by atoms with Crippen molar-refractivity contribution in [2.24, 2.45) is 11.8 Å². The van der Waals surface area contributed by atoms with Crippen molar-refractivity contribution in [2.75, 3.05) is 13.2 Å². The van der Waals surface area contributed by atoms with Crippen molar-refractivity contribution in [1.29, 1.82) is 0 Å². The molecule has 0 spiro atoms. The van der Waals surface area contributed by atoms with Gasteiger partial charge >= 0.3 is 5.97 Å². The summed E-state index contributed by atoms with van der Waals surface area (Å²) in [5, 5.41) is 13.9. The summed E-state index contributed by atoms with van der Waals surface area (Å²) in [6.45, 7) is 5.57. The van der Waals surface area contributed by atoms with E-state index in [-0.39, 0.29) is 6.61 Å². The number of nitrogens with zero attached hydrogens (tertiary/aromatic N) is 2. The summed E-state index contributed by atoms with van der Waals surface area (Å²) in [7, 11) is 0. The van der Waals surface area contributed by atoms with Crippen molar-refractivity contribution in [2.45, 2.75) is 46.1 Å². The number of aryl methyl sites for hydroxylation is 1. The zero-order chi connectivity index (χ0) is 22.5. The normalized spacial score (nSPS) is 18.6. The Hall–Kier alpha value is -2.92. The first-order chi connectivity index (χ1) is 15.5. The number of hydrogen-bond donors (Lipinski definition) is 1. The van der Waals surface area contributed by atoms with Gasteiger partial charge in [-0.05, 0) is 63.0 Å². The van der Waals surface area contributed by atoms with E-state index in [1.165, 1.54) is 22.4 Å². The van der Waals surface area contributed by atoms with Gasteiger partial charge in [0.25, 0.3) is 0 Å². The Morgan fingerprint density at radius 3 is 2.38 bits per heavy atom. The smallest absolute Gasteiger partial charge is 0.329 e. The van der Waals surface area contributed by atoms with Crippen molar-refractivity contribution in [3.8, 4) is 22.4 Å². The van der Waals surface area contributed by atoms with Gasteiger partial charge in [0.05, 0.1) is 6.61 Å². The van der Waals surface area contributed by atoms with E-state index in [2.05, 4.69) is 67.1 Å². The van der Waals surface area contributed by atoms with Crippen molar-refractivity contribution in [3.63, 3.8) is 0 Å². The minimum absolute atomic E-state index is 0.198. The van der Waals surface area contributed by atoms with E-state index in [1.807, 2.05) is 6.07 Å². The average Bonchev–Trinajstić information content (AvgIpc) is 3.11. The van der Waals surface area contributed by atoms with Gasteiger partial charge in [0.15, 0.2) is 0 Å². The molecule has 32 heavy (non-hydrogen) atoms. The minimum Gasteiger partial charge on any atom is -0.480 e. The molecule has 5 nitrogen and oxygen atoms in total. The van der Waals surface area contributed by atoms with E-state index in [0.717, 1.165) is 43.5 Å². The van der Waals surface area contributed by atoms with Gasteiger partial charge in [-0.15, -0.1) is 0 Å². The van der Waals surface area contributed by atoms with Crippen LogP contribution in [0.3, 0.4) is 0 Å². The van der Waals surface area contributed by atoms with Crippen LogP contribution in [0.1, 0.15) is 36.9 Å². The summed E-state index contributed by atoms with van der Waals surface area (Å²) in [6, 6.07) is 19.1. The quantitative estimate of drug-likeness (QED) is 0.493. The third kappa shape index (κ3) is 5.28. The molecular weight excluding hydrogens is 400 g/mol. The third-order valence-electron chi connectivity index (χ3n) is 6.54. The Kier molecular flexibility index (Phi) is 7.05. The molecule has 5 heteroatoms. The molecule has 168 valence electrons. The van der Waals surface area contributed by atoms with Crippen LogP contribution in [-0.4, -0.2) is 34.1 Å². The maximum absolute atomic E-state index is 10.6. The monoisotopic (exact) mass is 432 g/mol. The fraction of sp³-hybridized carbons (Fsp3) is 0.407. The number of carboxylic acid groups (broad SMARTS) is 1. The SMILES string of the molecule is Cc1cccc(-c2nn(CC3CCC(COCC(=O)O)CC3)c(C)c2-c2ccccc2)c1. The summed E-state index contributed by atoms with van der Waals surface area (Å²) in [5.74, 6) is 0.150. The molecule has 0 bridgehead atoms. The Labute approximate surface area is 190 Å². The van der Waals surface area contributed by atoms with Crippen LogP contribution in [0.15, 0.2) is 54.6 Å². The largest absolute Gasteiger partial charge is 0.480 e. The number of carboxylic acids is 1. The highest BCUT2D eigenvalue weighted by Crippen LogP contribution is 2.36. The summed E-state index contributed by atoms with van der Waals surface area (Å²) in [6.07, 6.45) is 4.42. The van der Waals surface area contributed by atoms with Crippen molar-refractivity contribution < 1.29 is 14.6 Å². The highest BCUT2D eigenvalue weighted by Gasteiger charge is 2.24. The lowest BCUT2D eigenvalue weighted by Crippen LogP contribution is -2.23. The highest BCUT2D eigenvalue weighted by molar-refractivity contribution is 5.82. The molecule has 0 saturated heterocycles. The van der Waals surface area contributed by atoms with Gasteiger partial charge in [0.1, 0.15) is 12.3 Å². The molecule has 1 heterocycles. The molecule has 2 aromatic carbocycles. The number of carbonyl (C=O) groups is 1. The molecule has 3 aromatic rings. The zero-order valence-electron chi connectivity index (χ0n) is 19.0. The van der Waals surface area contributed by atoms with Crippen LogP contribution >= 0.6 is 0 Å². The van der Waals surface area contributed by atoms with Crippen LogP contribution in [0.2, 0.25) is 0 Å². The molecule has 1 aliphatic rings. The Balaban J connectivity index is 1.52. The molecule has 1 saturated carbocycles. The maximum Gasteiger partial charge on any atom is 0.329 e. The van der Waals surface area contributed by atoms with Crippen LogP contribution in [0.25, 0.3) is 22.4 Å². The van der Waals surface area contributed by atoms with Crippen LogP contribution in [-0.2, 0) is 16.1 Å². The van der Waals surface area contributed by atoms with Crippen LogP contribution < -0.4 is 0 Å². The molecule has 1 aromatic heterocycles. The van der Waals surface area contributed by atoms with Crippen molar-refractivity contribution >= 4 is 5.97 Å². The fourth-order valence-corrected chi connectivity index (χ4v) is 4.81. The zero-order valence-corrected chi connectivity index (χ0v) is 19.0. The van der Waals surface area contributed by atoms with Crippen LogP contribution in [0, 0.1) is 25.7 Å². The van der Waals surface area contributed by atoms with Crippen molar-refractivity contribution in [3.05, 3.63) is 65.9 Å². The fourth-order valence-electron chi connectivity index (χ4n) is 4.81. The van der Waals surface area contributed by atoms with Gasteiger partial charge in [-0.1, -0.05) is 54.1 Å². The van der Waals surface area contributed by atoms with Gasteiger partial charge in [-0.3, -0.25) is 4.68 Å². The lowest BCUT2D eigenvalue weighted by Gasteiger charge is -2.28. The molecular formula is C27H32N2O3. The Morgan fingerprint density at radius 1 is 1.00 bits per heavy atom. The van der Waals surface area contributed by atoms with Gasteiger partial charge in [0.2, 0.25) is 0 Å². The number of benzene rings is 2. The number of aliphatic carboxylic acids is 1. The molecule has 0 radical (unpaired) electrons. The van der Waals surface area contributed by atoms with E-state index in [1.54, 1.807) is 0 Å². The van der Waals surface area contributed by atoms with E-state index >= 15 is 0 Å². The predicted octanol–water partition coefficient (Wildman–Crippen LogP) is 5.74. The Bertz CT molecular complexity index is 1050. The topological polar surface area (TPSA) is 64.4 Å². The molecule has 0 aliphatic heterocycles. The summed E-state index contributed by atoms with van der Waals surface area (Å²) in [4.78, 5) is 10.6. The predicted molar refractivity (Wildman–Crippen MR) is 126 cm³/mol. The third-order valence-corrected chi connectivity index (χ3v) is 6.54. The molecule has 1 N–H and O–H groups in total.